The van der Waals surface area contributed by atoms with E-state index in [2.05, 4.69) is 10.5 Å². The Bertz CT molecular complexity index is 438. The number of hydrogen-bond donors (Lipinski definition) is 1. The Morgan fingerprint density at radius 3 is 2.88 bits per heavy atom. The van der Waals surface area contributed by atoms with Gasteiger partial charge in [0.05, 0.1) is 5.71 Å². The van der Waals surface area contributed by atoms with E-state index in [1.807, 2.05) is 25.1 Å². The Labute approximate surface area is 99.5 Å². The molecule has 16 heavy (non-hydrogen) atoms. The lowest BCUT2D eigenvalue weighted by Gasteiger charge is -2.02. The van der Waals surface area contributed by atoms with Crippen molar-refractivity contribution in [2.24, 2.45) is 11.0 Å². The number of rotatable bonds is 3. The van der Waals surface area contributed by atoms with E-state index in [0.717, 1.165) is 24.1 Å². The summed E-state index contributed by atoms with van der Waals surface area (Å²) in [5.74, 6) is 0.192. The van der Waals surface area contributed by atoms with Crippen LogP contribution in [-0.2, 0) is 4.79 Å². The topological polar surface area (TPSA) is 41.5 Å². The number of carbonyl (C=O) groups excluding carboxylic acids is 1. The fraction of sp³-hybridized carbons (Fsp3) is 0.333. The quantitative estimate of drug-likeness (QED) is 0.636. The number of carbonyl (C=O) groups is 1. The predicted octanol–water partition coefficient (Wildman–Crippen LogP) is 2.59. The summed E-state index contributed by atoms with van der Waals surface area (Å²) in [7, 11) is 0. The molecule has 0 heterocycles. The standard InChI is InChI=1S/C12H13ClN2O/c1-8(10-3-2-4-11(13)7-10)14-15-12(16)9-5-6-9/h2-4,7,9H,5-6H2,1H3,(H,15,16)/b14-8+. The third-order valence-corrected chi connectivity index (χ3v) is 2.76. The molecule has 1 fully saturated rings. The maximum atomic E-state index is 11.4. The van der Waals surface area contributed by atoms with Crippen molar-refractivity contribution in [1.82, 2.24) is 5.43 Å². The minimum atomic E-state index is 0.0152. The van der Waals surface area contributed by atoms with E-state index in [1.54, 1.807) is 6.07 Å². The van der Waals surface area contributed by atoms with Crippen LogP contribution in [-0.4, -0.2) is 11.6 Å². The lowest BCUT2D eigenvalue weighted by Crippen LogP contribution is -2.20. The molecule has 3 nitrogen and oxygen atoms in total. The van der Waals surface area contributed by atoms with Gasteiger partial charge in [-0.3, -0.25) is 4.79 Å². The fourth-order valence-electron chi connectivity index (χ4n) is 1.35. The second-order valence-corrected chi connectivity index (χ2v) is 4.39. The van der Waals surface area contributed by atoms with Crippen LogP contribution in [0.1, 0.15) is 25.3 Å². The van der Waals surface area contributed by atoms with E-state index in [0.29, 0.717) is 5.02 Å². The third-order valence-electron chi connectivity index (χ3n) is 2.52. The van der Waals surface area contributed by atoms with Gasteiger partial charge in [-0.25, -0.2) is 5.43 Å². The van der Waals surface area contributed by atoms with Gasteiger partial charge in [0, 0.05) is 10.9 Å². The van der Waals surface area contributed by atoms with E-state index in [-0.39, 0.29) is 11.8 Å². The Balaban J connectivity index is 2.02. The third kappa shape index (κ3) is 2.83. The predicted molar refractivity (Wildman–Crippen MR) is 64.5 cm³/mol. The second kappa shape index (κ2) is 4.66. The zero-order chi connectivity index (χ0) is 11.5. The zero-order valence-electron chi connectivity index (χ0n) is 9.03. The van der Waals surface area contributed by atoms with Gasteiger partial charge in [0.15, 0.2) is 0 Å². The first-order valence-corrected chi connectivity index (χ1v) is 5.64. The van der Waals surface area contributed by atoms with Crippen molar-refractivity contribution >= 4 is 23.2 Å². The van der Waals surface area contributed by atoms with Crippen molar-refractivity contribution in [2.75, 3.05) is 0 Å². The monoisotopic (exact) mass is 236 g/mol. The molecule has 0 spiro atoms. The Morgan fingerprint density at radius 2 is 2.25 bits per heavy atom. The number of nitrogens with one attached hydrogen (secondary N) is 1. The minimum absolute atomic E-state index is 0.0152. The maximum Gasteiger partial charge on any atom is 0.243 e. The number of benzene rings is 1. The maximum absolute atomic E-state index is 11.4. The van der Waals surface area contributed by atoms with Crippen molar-refractivity contribution in [3.05, 3.63) is 34.9 Å². The minimum Gasteiger partial charge on any atom is -0.273 e. The molecule has 0 atom stereocenters. The normalized spacial score (nSPS) is 16.0. The van der Waals surface area contributed by atoms with Crippen LogP contribution in [0.4, 0.5) is 0 Å². The molecule has 1 aromatic rings. The van der Waals surface area contributed by atoms with Crippen LogP contribution in [0.25, 0.3) is 0 Å². The second-order valence-electron chi connectivity index (χ2n) is 3.96. The summed E-state index contributed by atoms with van der Waals surface area (Å²) >= 11 is 5.87. The van der Waals surface area contributed by atoms with Crippen LogP contribution in [0, 0.1) is 5.92 Å². The molecule has 0 bridgehead atoms. The average Bonchev–Trinajstić information content (AvgIpc) is 3.09. The molecule has 1 aliphatic rings. The van der Waals surface area contributed by atoms with Crippen molar-refractivity contribution in [3.63, 3.8) is 0 Å². The van der Waals surface area contributed by atoms with E-state index in [4.69, 9.17) is 11.6 Å². The highest BCUT2D eigenvalue weighted by Crippen LogP contribution is 2.28. The summed E-state index contributed by atoms with van der Waals surface area (Å²) in [6.07, 6.45) is 1.97. The van der Waals surface area contributed by atoms with Gasteiger partial charge in [-0.15, -0.1) is 0 Å². The first kappa shape index (κ1) is 11.1. The van der Waals surface area contributed by atoms with Crippen LogP contribution in [0.3, 0.4) is 0 Å². The van der Waals surface area contributed by atoms with Crippen molar-refractivity contribution in [2.45, 2.75) is 19.8 Å². The SMILES string of the molecule is C/C(=N\NC(=O)C1CC1)c1cccc(Cl)c1. The van der Waals surface area contributed by atoms with E-state index < -0.39 is 0 Å². The number of hydrogen-bond acceptors (Lipinski definition) is 2. The van der Waals surface area contributed by atoms with E-state index >= 15 is 0 Å². The van der Waals surface area contributed by atoms with Crippen LogP contribution in [0.2, 0.25) is 5.02 Å². The van der Waals surface area contributed by atoms with Gasteiger partial charge in [0.1, 0.15) is 0 Å². The highest BCUT2D eigenvalue weighted by atomic mass is 35.5. The average molecular weight is 237 g/mol. The molecular formula is C12H13ClN2O. The fourth-order valence-corrected chi connectivity index (χ4v) is 1.54. The molecule has 1 N–H and O–H groups in total. The smallest absolute Gasteiger partial charge is 0.243 e. The lowest BCUT2D eigenvalue weighted by molar-refractivity contribution is -0.122. The summed E-state index contributed by atoms with van der Waals surface area (Å²) in [4.78, 5) is 11.4. The van der Waals surface area contributed by atoms with Crippen molar-refractivity contribution < 1.29 is 4.79 Å². The molecule has 4 heteroatoms. The zero-order valence-corrected chi connectivity index (χ0v) is 9.79. The van der Waals surface area contributed by atoms with Gasteiger partial charge in [-0.1, -0.05) is 23.7 Å². The summed E-state index contributed by atoms with van der Waals surface area (Å²) < 4.78 is 0. The Morgan fingerprint density at radius 1 is 1.50 bits per heavy atom. The van der Waals surface area contributed by atoms with E-state index in [9.17, 15) is 4.79 Å². The van der Waals surface area contributed by atoms with Gasteiger partial charge in [0.25, 0.3) is 0 Å². The number of nitrogens with zero attached hydrogens (tertiary/aromatic N) is 1. The van der Waals surface area contributed by atoms with Gasteiger partial charge in [-0.05, 0) is 37.5 Å². The van der Waals surface area contributed by atoms with Crippen LogP contribution < -0.4 is 5.43 Å². The first-order valence-electron chi connectivity index (χ1n) is 5.27. The highest BCUT2D eigenvalue weighted by molar-refractivity contribution is 6.31. The molecular weight excluding hydrogens is 224 g/mol. The summed E-state index contributed by atoms with van der Waals surface area (Å²) in [6.45, 7) is 1.85. The molecule has 1 saturated carbocycles. The summed E-state index contributed by atoms with van der Waals surface area (Å²) in [6, 6.07) is 7.40. The number of amides is 1. The Hall–Kier alpha value is -1.35. The molecule has 0 aromatic heterocycles. The highest BCUT2D eigenvalue weighted by Gasteiger charge is 2.29. The van der Waals surface area contributed by atoms with Gasteiger partial charge >= 0.3 is 0 Å². The molecule has 0 radical (unpaired) electrons. The number of hydrazone groups is 1. The molecule has 84 valence electrons. The van der Waals surface area contributed by atoms with Crippen LogP contribution in [0.15, 0.2) is 29.4 Å². The van der Waals surface area contributed by atoms with Crippen LogP contribution in [0.5, 0.6) is 0 Å². The van der Waals surface area contributed by atoms with Crippen molar-refractivity contribution in [3.8, 4) is 0 Å². The van der Waals surface area contributed by atoms with Gasteiger partial charge in [-0.2, -0.15) is 5.10 Å². The molecule has 1 amide bonds. The molecule has 0 aliphatic heterocycles. The summed E-state index contributed by atoms with van der Waals surface area (Å²) in [5.41, 5.74) is 4.25. The lowest BCUT2D eigenvalue weighted by atomic mass is 10.1. The largest absolute Gasteiger partial charge is 0.273 e. The first-order chi connectivity index (χ1) is 7.66. The molecule has 0 saturated heterocycles. The molecule has 1 aliphatic carbocycles. The molecule has 2 rings (SSSR count). The number of halogens is 1. The molecule has 0 unspecified atom stereocenters. The summed E-state index contributed by atoms with van der Waals surface area (Å²) in [5, 5.41) is 4.72. The van der Waals surface area contributed by atoms with Crippen molar-refractivity contribution in [1.29, 1.82) is 0 Å². The molecule has 1 aromatic carbocycles. The van der Waals surface area contributed by atoms with Gasteiger partial charge < -0.3 is 0 Å². The van der Waals surface area contributed by atoms with E-state index in [1.165, 1.54) is 0 Å². The Kier molecular flexibility index (Phi) is 3.25. The van der Waals surface area contributed by atoms with Crippen LogP contribution >= 0.6 is 11.6 Å². The van der Waals surface area contributed by atoms with Gasteiger partial charge in [0.2, 0.25) is 5.91 Å².